The van der Waals surface area contributed by atoms with E-state index >= 15 is 0 Å². The van der Waals surface area contributed by atoms with Crippen molar-refractivity contribution in [2.24, 2.45) is 17.8 Å². The highest BCUT2D eigenvalue weighted by molar-refractivity contribution is 9.10. The van der Waals surface area contributed by atoms with Crippen LogP contribution in [0.15, 0.2) is 53.0 Å². The van der Waals surface area contributed by atoms with Crippen molar-refractivity contribution in [2.75, 3.05) is 18.5 Å². The van der Waals surface area contributed by atoms with Gasteiger partial charge < -0.3 is 19.5 Å². The van der Waals surface area contributed by atoms with Crippen LogP contribution in [0.2, 0.25) is 0 Å². The second-order valence-corrected chi connectivity index (χ2v) is 10.2. The van der Waals surface area contributed by atoms with E-state index in [1.54, 1.807) is 30.3 Å². The van der Waals surface area contributed by atoms with Gasteiger partial charge in [0.1, 0.15) is 17.4 Å². The van der Waals surface area contributed by atoms with Crippen LogP contribution >= 0.6 is 15.9 Å². The molecule has 8 heteroatoms. The normalized spacial score (nSPS) is 19.6. The maximum atomic E-state index is 12.6. The lowest BCUT2D eigenvalue weighted by Crippen LogP contribution is -2.36. The monoisotopic (exact) mass is 545 g/mol. The minimum absolute atomic E-state index is 0.128. The Labute approximate surface area is 214 Å². The summed E-state index contributed by atoms with van der Waals surface area (Å²) in [5, 5.41) is 2.72. The first-order valence-electron chi connectivity index (χ1n) is 11.9. The predicted molar refractivity (Wildman–Crippen MR) is 136 cm³/mol. The Morgan fingerprint density at radius 3 is 2.46 bits per heavy atom. The summed E-state index contributed by atoms with van der Waals surface area (Å²) >= 11 is 3.34. The van der Waals surface area contributed by atoms with Crippen molar-refractivity contribution < 1.29 is 28.6 Å². The smallest absolute Gasteiger partial charge is 0.344 e. The molecule has 0 radical (unpaired) electrons. The van der Waals surface area contributed by atoms with Gasteiger partial charge in [-0.1, -0.05) is 55.3 Å². The second-order valence-electron chi connectivity index (χ2n) is 9.27. The van der Waals surface area contributed by atoms with Crippen molar-refractivity contribution in [3.05, 3.63) is 58.6 Å². The number of hydrogen-bond donors (Lipinski definition) is 1. The Bertz CT molecular complexity index is 1020. The topological polar surface area (TPSA) is 90.9 Å². The largest absolute Gasteiger partial charge is 0.483 e. The molecule has 3 rings (SSSR count). The Hall–Kier alpha value is -2.87. The van der Waals surface area contributed by atoms with Crippen LogP contribution in [0.25, 0.3) is 0 Å². The molecule has 0 saturated heterocycles. The molecule has 188 valence electrons. The zero-order chi connectivity index (χ0) is 25.4. The SMILES string of the molecule is CC(C)[C@H]1CC[C@@H](C)C[C@@H]1OC(=O)COC(=O)c1ccccc1OCC(=O)Nc1ccc(Br)cc1. The number of esters is 2. The second kappa shape index (κ2) is 12.7. The number of amides is 1. The van der Waals surface area contributed by atoms with Gasteiger partial charge in [-0.3, -0.25) is 4.79 Å². The number of carbonyl (C=O) groups excluding carboxylic acids is 3. The molecule has 1 amide bonds. The third-order valence-corrected chi connectivity index (χ3v) is 6.69. The average Bonchev–Trinajstić information content (AvgIpc) is 2.82. The molecule has 0 bridgehead atoms. The van der Waals surface area contributed by atoms with E-state index in [1.807, 2.05) is 12.1 Å². The number of nitrogens with one attached hydrogen (secondary N) is 1. The molecule has 7 nitrogen and oxygen atoms in total. The number of hydrogen-bond acceptors (Lipinski definition) is 6. The van der Waals surface area contributed by atoms with Crippen LogP contribution < -0.4 is 10.1 Å². The Morgan fingerprint density at radius 1 is 1.03 bits per heavy atom. The summed E-state index contributed by atoms with van der Waals surface area (Å²) in [5.74, 6) is -0.247. The first-order chi connectivity index (χ1) is 16.7. The van der Waals surface area contributed by atoms with Gasteiger partial charge in [-0.05, 0) is 67.0 Å². The van der Waals surface area contributed by atoms with Gasteiger partial charge in [0.2, 0.25) is 0 Å². The van der Waals surface area contributed by atoms with E-state index in [2.05, 4.69) is 42.0 Å². The van der Waals surface area contributed by atoms with Crippen molar-refractivity contribution in [3.63, 3.8) is 0 Å². The maximum absolute atomic E-state index is 12.6. The van der Waals surface area contributed by atoms with Crippen LogP contribution in [-0.4, -0.2) is 37.2 Å². The lowest BCUT2D eigenvalue weighted by Gasteiger charge is -2.36. The fraction of sp³-hybridized carbons (Fsp3) is 0.444. The predicted octanol–water partition coefficient (Wildman–Crippen LogP) is 5.63. The van der Waals surface area contributed by atoms with Crippen molar-refractivity contribution >= 4 is 39.5 Å². The molecule has 35 heavy (non-hydrogen) atoms. The Balaban J connectivity index is 1.52. The molecule has 1 saturated carbocycles. The van der Waals surface area contributed by atoms with Gasteiger partial charge in [-0.2, -0.15) is 0 Å². The van der Waals surface area contributed by atoms with Crippen molar-refractivity contribution in [1.82, 2.24) is 0 Å². The van der Waals surface area contributed by atoms with E-state index in [1.165, 1.54) is 6.07 Å². The molecular formula is C27H32BrNO6. The molecule has 1 N–H and O–H groups in total. The van der Waals surface area contributed by atoms with E-state index in [0.29, 0.717) is 23.4 Å². The van der Waals surface area contributed by atoms with Crippen LogP contribution in [0.5, 0.6) is 5.75 Å². The standard InChI is InChI=1S/C27H32BrNO6/c1-17(2)21-13-8-18(3)14-24(21)35-26(31)16-34-27(32)22-6-4-5-7-23(22)33-15-25(30)29-20-11-9-19(28)10-12-20/h4-7,9-12,17-18,21,24H,8,13-16H2,1-3H3,(H,29,30)/t18-,21-,24+/m1/s1. The molecule has 0 heterocycles. The summed E-state index contributed by atoms with van der Waals surface area (Å²) in [6.45, 7) is 5.66. The molecule has 2 aromatic carbocycles. The summed E-state index contributed by atoms with van der Waals surface area (Å²) < 4.78 is 17.4. The van der Waals surface area contributed by atoms with E-state index < -0.39 is 18.5 Å². The highest BCUT2D eigenvalue weighted by atomic mass is 79.9. The lowest BCUT2D eigenvalue weighted by molar-refractivity contribution is -0.159. The van der Waals surface area contributed by atoms with Crippen LogP contribution in [0, 0.1) is 17.8 Å². The van der Waals surface area contributed by atoms with Gasteiger partial charge in [0.15, 0.2) is 13.2 Å². The molecule has 1 aliphatic carbocycles. The number of anilines is 1. The van der Waals surface area contributed by atoms with Gasteiger partial charge in [0.25, 0.3) is 5.91 Å². The van der Waals surface area contributed by atoms with E-state index in [9.17, 15) is 14.4 Å². The van der Waals surface area contributed by atoms with Gasteiger partial charge >= 0.3 is 11.9 Å². The van der Waals surface area contributed by atoms with Crippen molar-refractivity contribution in [2.45, 2.75) is 46.1 Å². The molecule has 0 aromatic heterocycles. The highest BCUT2D eigenvalue weighted by Gasteiger charge is 2.33. The lowest BCUT2D eigenvalue weighted by atomic mass is 9.75. The molecule has 1 aliphatic rings. The summed E-state index contributed by atoms with van der Waals surface area (Å²) in [6.07, 6.45) is 2.81. The Morgan fingerprint density at radius 2 is 1.74 bits per heavy atom. The highest BCUT2D eigenvalue weighted by Crippen LogP contribution is 2.35. The third-order valence-electron chi connectivity index (χ3n) is 6.16. The zero-order valence-corrected chi connectivity index (χ0v) is 21.9. The summed E-state index contributed by atoms with van der Waals surface area (Å²) in [6, 6.07) is 13.6. The number of ether oxygens (including phenoxy) is 3. The minimum Gasteiger partial charge on any atom is -0.483 e. The van der Waals surface area contributed by atoms with Gasteiger partial charge in [-0.25, -0.2) is 9.59 Å². The minimum atomic E-state index is -0.719. The van der Waals surface area contributed by atoms with E-state index in [0.717, 1.165) is 23.7 Å². The number of rotatable bonds is 9. The molecule has 3 atom stereocenters. The molecule has 2 aromatic rings. The molecule has 0 unspecified atom stereocenters. The maximum Gasteiger partial charge on any atom is 0.344 e. The fourth-order valence-corrected chi connectivity index (χ4v) is 4.55. The van der Waals surface area contributed by atoms with Gasteiger partial charge in [-0.15, -0.1) is 0 Å². The van der Waals surface area contributed by atoms with E-state index in [4.69, 9.17) is 14.2 Å². The van der Waals surface area contributed by atoms with E-state index in [-0.39, 0.29) is 29.9 Å². The van der Waals surface area contributed by atoms with Crippen LogP contribution in [-0.2, 0) is 19.1 Å². The zero-order valence-electron chi connectivity index (χ0n) is 20.3. The first kappa shape index (κ1) is 26.7. The van der Waals surface area contributed by atoms with Crippen LogP contribution in [0.3, 0.4) is 0 Å². The molecule has 0 spiro atoms. The third kappa shape index (κ3) is 8.09. The van der Waals surface area contributed by atoms with Crippen LogP contribution in [0.4, 0.5) is 5.69 Å². The van der Waals surface area contributed by atoms with Crippen molar-refractivity contribution in [3.8, 4) is 5.75 Å². The summed E-state index contributed by atoms with van der Waals surface area (Å²) in [5.41, 5.74) is 0.753. The molecule has 1 fully saturated rings. The summed E-state index contributed by atoms with van der Waals surface area (Å²) in [7, 11) is 0. The number of para-hydroxylation sites is 1. The molecule has 0 aliphatic heterocycles. The number of halogens is 1. The van der Waals surface area contributed by atoms with Gasteiger partial charge in [0, 0.05) is 10.2 Å². The number of carbonyl (C=O) groups is 3. The average molecular weight is 546 g/mol. The quantitative estimate of drug-likeness (QED) is 0.410. The first-order valence-corrected chi connectivity index (χ1v) is 12.7. The van der Waals surface area contributed by atoms with Gasteiger partial charge in [0.05, 0.1) is 0 Å². The summed E-state index contributed by atoms with van der Waals surface area (Å²) in [4.78, 5) is 37.3. The Kier molecular flexibility index (Phi) is 9.72. The van der Waals surface area contributed by atoms with Crippen LogP contribution in [0.1, 0.15) is 50.4 Å². The van der Waals surface area contributed by atoms with Crippen molar-refractivity contribution in [1.29, 1.82) is 0 Å². The number of benzene rings is 2. The fourth-order valence-electron chi connectivity index (χ4n) is 4.29. The molecular weight excluding hydrogens is 514 g/mol.